The third-order valence-corrected chi connectivity index (χ3v) is 4.94. The Hall–Kier alpha value is -1.57. The van der Waals surface area contributed by atoms with Crippen LogP contribution in [0, 0.1) is 11.8 Å². The Bertz CT molecular complexity index is 567. The lowest BCUT2D eigenvalue weighted by Crippen LogP contribution is -2.50. The van der Waals surface area contributed by atoms with E-state index in [-0.39, 0.29) is 25.2 Å². The molecule has 0 spiro atoms. The first-order chi connectivity index (χ1) is 13.1. The lowest BCUT2D eigenvalue weighted by molar-refractivity contribution is -0.135. The molecule has 1 saturated heterocycles. The summed E-state index contributed by atoms with van der Waals surface area (Å²) in [6.07, 6.45) is 3.31. The topological polar surface area (TPSA) is 116 Å². The van der Waals surface area contributed by atoms with Crippen molar-refractivity contribution in [3.8, 4) is 0 Å². The van der Waals surface area contributed by atoms with Gasteiger partial charge in [0, 0.05) is 12.8 Å². The van der Waals surface area contributed by atoms with Crippen LogP contribution in [0.15, 0.2) is 12.2 Å². The van der Waals surface area contributed by atoms with E-state index in [0.717, 1.165) is 19.3 Å². The number of ether oxygens (including phenoxy) is 1. The molecule has 1 amide bonds. The first-order valence-corrected chi connectivity index (χ1v) is 10.0. The van der Waals surface area contributed by atoms with E-state index < -0.39 is 42.5 Å². The number of hydrogen-bond acceptors (Lipinski definition) is 6. The van der Waals surface area contributed by atoms with Gasteiger partial charge < -0.3 is 20.3 Å². The number of hydrogen-bond donors (Lipinski definition) is 3. The maximum absolute atomic E-state index is 12.6. The normalized spacial score (nSPS) is 20.5. The van der Waals surface area contributed by atoms with E-state index in [1.165, 1.54) is 0 Å². The Morgan fingerprint density at radius 2 is 1.82 bits per heavy atom. The van der Waals surface area contributed by atoms with Crippen LogP contribution < -0.4 is 5.32 Å². The number of carbonyl (C=O) groups is 3. The standard InChI is InChI=1S/C21H35NO6/c1-14(2)7-5-6-8-17(25)10-16(11-23)20(27)22-18(9-15(3)4)19(26)21(12-24)13-28-21/h14,16,18,23-24H,3,5-13H2,1-2,4H3,(H,22,27)/t16-,18-,21+/m0/s1. The Kier molecular flexibility index (Phi) is 9.99. The van der Waals surface area contributed by atoms with Crippen LogP contribution in [0.4, 0.5) is 0 Å². The summed E-state index contributed by atoms with van der Waals surface area (Å²) < 4.78 is 5.09. The minimum atomic E-state index is -1.26. The van der Waals surface area contributed by atoms with Crippen LogP contribution in [0.25, 0.3) is 0 Å². The molecule has 7 heteroatoms. The molecule has 0 aliphatic carbocycles. The van der Waals surface area contributed by atoms with Gasteiger partial charge in [0.25, 0.3) is 0 Å². The predicted molar refractivity (Wildman–Crippen MR) is 106 cm³/mol. The number of epoxide rings is 1. The number of unbranched alkanes of at least 4 members (excludes halogenated alkanes) is 1. The first-order valence-electron chi connectivity index (χ1n) is 10.0. The van der Waals surface area contributed by atoms with Gasteiger partial charge >= 0.3 is 0 Å². The summed E-state index contributed by atoms with van der Waals surface area (Å²) in [5.41, 5.74) is -0.567. The molecule has 1 rings (SSSR count). The highest BCUT2D eigenvalue weighted by atomic mass is 16.6. The maximum atomic E-state index is 12.6. The molecule has 0 aromatic carbocycles. The molecule has 0 saturated carbocycles. The summed E-state index contributed by atoms with van der Waals surface area (Å²) >= 11 is 0. The van der Waals surface area contributed by atoms with Gasteiger partial charge in [-0.15, -0.1) is 6.58 Å². The molecule has 0 unspecified atom stereocenters. The predicted octanol–water partition coefficient (Wildman–Crippen LogP) is 1.55. The van der Waals surface area contributed by atoms with Crippen molar-refractivity contribution in [2.75, 3.05) is 19.8 Å². The number of ketones is 2. The van der Waals surface area contributed by atoms with Crippen molar-refractivity contribution in [3.63, 3.8) is 0 Å². The first kappa shape index (κ1) is 24.5. The van der Waals surface area contributed by atoms with E-state index in [0.29, 0.717) is 17.9 Å². The molecule has 0 radical (unpaired) electrons. The molecule has 1 heterocycles. The fourth-order valence-corrected chi connectivity index (χ4v) is 3.06. The third-order valence-electron chi connectivity index (χ3n) is 4.94. The number of amides is 1. The molecular weight excluding hydrogens is 362 g/mol. The average Bonchev–Trinajstić information content (AvgIpc) is 3.42. The molecule has 1 fully saturated rings. The summed E-state index contributed by atoms with van der Waals surface area (Å²) in [4.78, 5) is 37.3. The molecule has 28 heavy (non-hydrogen) atoms. The average molecular weight is 398 g/mol. The number of rotatable bonds is 15. The number of nitrogens with one attached hydrogen (secondary N) is 1. The van der Waals surface area contributed by atoms with Gasteiger partial charge in [-0.1, -0.05) is 32.3 Å². The van der Waals surface area contributed by atoms with Gasteiger partial charge in [0.2, 0.25) is 5.91 Å². The molecule has 1 aliphatic rings. The van der Waals surface area contributed by atoms with Crippen LogP contribution in [0.1, 0.15) is 59.3 Å². The van der Waals surface area contributed by atoms with E-state index in [9.17, 15) is 24.6 Å². The molecular formula is C21H35NO6. The zero-order valence-electron chi connectivity index (χ0n) is 17.3. The second-order valence-corrected chi connectivity index (χ2v) is 8.29. The van der Waals surface area contributed by atoms with Crippen molar-refractivity contribution in [2.24, 2.45) is 11.8 Å². The van der Waals surface area contributed by atoms with Crippen molar-refractivity contribution in [1.82, 2.24) is 5.32 Å². The zero-order valence-corrected chi connectivity index (χ0v) is 17.3. The van der Waals surface area contributed by atoms with Crippen molar-refractivity contribution >= 4 is 17.5 Å². The van der Waals surface area contributed by atoms with E-state index >= 15 is 0 Å². The second kappa shape index (κ2) is 11.4. The van der Waals surface area contributed by atoms with Crippen LogP contribution in [0.5, 0.6) is 0 Å². The molecule has 1 aliphatic heterocycles. The number of Topliss-reactive ketones (excluding diaryl/α,β-unsaturated/α-hetero) is 2. The summed E-state index contributed by atoms with van der Waals surface area (Å²) in [5.74, 6) is -1.35. The van der Waals surface area contributed by atoms with Crippen molar-refractivity contribution in [1.29, 1.82) is 0 Å². The van der Waals surface area contributed by atoms with Crippen LogP contribution in [0.3, 0.4) is 0 Å². The Labute approximate surface area is 167 Å². The fourth-order valence-electron chi connectivity index (χ4n) is 3.06. The summed E-state index contributed by atoms with van der Waals surface area (Å²) in [5, 5.41) is 21.6. The SMILES string of the molecule is C=C(C)C[C@H](NC(=O)[C@H](CO)CC(=O)CCCCC(C)C)C(=O)[C@@]1(CO)CO1. The number of aliphatic hydroxyl groups excluding tert-OH is 2. The van der Waals surface area contributed by atoms with E-state index in [4.69, 9.17) is 4.74 Å². The lowest BCUT2D eigenvalue weighted by Gasteiger charge is -2.23. The van der Waals surface area contributed by atoms with E-state index in [1.807, 2.05) is 0 Å². The monoisotopic (exact) mass is 397 g/mol. The van der Waals surface area contributed by atoms with Crippen molar-refractivity contribution < 1.29 is 29.3 Å². The molecule has 160 valence electrons. The van der Waals surface area contributed by atoms with E-state index in [1.54, 1.807) is 6.92 Å². The highest BCUT2D eigenvalue weighted by molar-refractivity contribution is 5.98. The van der Waals surface area contributed by atoms with Gasteiger partial charge in [-0.25, -0.2) is 0 Å². The zero-order chi connectivity index (χ0) is 21.3. The van der Waals surface area contributed by atoms with Gasteiger partial charge in [-0.3, -0.25) is 14.4 Å². The van der Waals surface area contributed by atoms with Gasteiger partial charge in [0.15, 0.2) is 11.4 Å². The smallest absolute Gasteiger partial charge is 0.226 e. The van der Waals surface area contributed by atoms with Crippen LogP contribution >= 0.6 is 0 Å². The molecule has 0 aromatic heterocycles. The Morgan fingerprint density at radius 1 is 1.18 bits per heavy atom. The molecule has 0 aromatic rings. The summed E-state index contributed by atoms with van der Waals surface area (Å²) in [7, 11) is 0. The largest absolute Gasteiger partial charge is 0.396 e. The minimum Gasteiger partial charge on any atom is -0.396 e. The van der Waals surface area contributed by atoms with E-state index in [2.05, 4.69) is 25.7 Å². The Balaban J connectivity index is 2.61. The van der Waals surface area contributed by atoms with Gasteiger partial charge in [0.05, 0.1) is 31.8 Å². The molecule has 7 nitrogen and oxygen atoms in total. The summed E-state index contributed by atoms with van der Waals surface area (Å²) in [6, 6.07) is -0.908. The van der Waals surface area contributed by atoms with Gasteiger partial charge in [-0.2, -0.15) is 0 Å². The summed E-state index contributed by atoms with van der Waals surface area (Å²) in [6.45, 7) is 8.95. The fraction of sp³-hybridized carbons (Fsp3) is 0.762. The van der Waals surface area contributed by atoms with Crippen LogP contribution in [0.2, 0.25) is 0 Å². The second-order valence-electron chi connectivity index (χ2n) is 8.29. The van der Waals surface area contributed by atoms with Gasteiger partial charge in [-0.05, 0) is 25.7 Å². The van der Waals surface area contributed by atoms with Crippen molar-refractivity contribution in [3.05, 3.63) is 12.2 Å². The molecule has 3 N–H and O–H groups in total. The van der Waals surface area contributed by atoms with Crippen LogP contribution in [-0.2, 0) is 19.1 Å². The maximum Gasteiger partial charge on any atom is 0.226 e. The third kappa shape index (κ3) is 7.81. The van der Waals surface area contributed by atoms with Crippen molar-refractivity contribution in [2.45, 2.75) is 70.9 Å². The molecule has 3 atom stereocenters. The van der Waals surface area contributed by atoms with Gasteiger partial charge in [0.1, 0.15) is 5.78 Å². The quantitative estimate of drug-likeness (QED) is 0.219. The highest BCUT2D eigenvalue weighted by Crippen LogP contribution is 2.30. The van der Waals surface area contributed by atoms with Crippen LogP contribution in [-0.4, -0.2) is 59.2 Å². The number of aliphatic hydroxyl groups is 2. The lowest BCUT2D eigenvalue weighted by atomic mass is 9.93. The number of carbonyl (C=O) groups excluding carboxylic acids is 3. The highest BCUT2D eigenvalue weighted by Gasteiger charge is 2.54. The Morgan fingerprint density at radius 3 is 2.29 bits per heavy atom. The minimum absolute atomic E-state index is 0.0559. The molecule has 0 bridgehead atoms.